The smallest absolute Gasteiger partial charge is 0.258 e. The van der Waals surface area contributed by atoms with Crippen LogP contribution in [0.15, 0.2) is 47.3 Å². The van der Waals surface area contributed by atoms with Crippen LogP contribution in [0.2, 0.25) is 0 Å². The molecule has 0 saturated carbocycles. The molecule has 1 N–H and O–H groups in total. The number of hydrogen-bond acceptors (Lipinski definition) is 5. The van der Waals surface area contributed by atoms with Crippen molar-refractivity contribution in [1.29, 1.82) is 0 Å². The van der Waals surface area contributed by atoms with Crippen molar-refractivity contribution in [3.8, 4) is 5.75 Å². The van der Waals surface area contributed by atoms with Gasteiger partial charge in [0, 0.05) is 19.9 Å². The lowest BCUT2D eigenvalue weighted by Gasteiger charge is -2.17. The van der Waals surface area contributed by atoms with Gasteiger partial charge in [-0.2, -0.15) is 0 Å². The van der Waals surface area contributed by atoms with E-state index in [-0.39, 0.29) is 36.6 Å². The highest BCUT2D eigenvalue weighted by molar-refractivity contribution is 6.00. The summed E-state index contributed by atoms with van der Waals surface area (Å²) in [6, 6.07) is 12.4. The van der Waals surface area contributed by atoms with Gasteiger partial charge in [-0.15, -0.1) is 0 Å². The minimum atomic E-state index is -0.242. The molecule has 0 spiro atoms. The monoisotopic (exact) mass is 393 g/mol. The van der Waals surface area contributed by atoms with Crippen LogP contribution in [-0.4, -0.2) is 40.7 Å². The number of fused-ring (bicyclic) bond motifs is 1. The maximum absolute atomic E-state index is 12.5. The van der Waals surface area contributed by atoms with Crippen LogP contribution >= 0.6 is 0 Å². The van der Waals surface area contributed by atoms with Crippen LogP contribution in [0.1, 0.15) is 34.6 Å². The maximum atomic E-state index is 12.5. The summed E-state index contributed by atoms with van der Waals surface area (Å²) in [5.41, 5.74) is 1.76. The zero-order chi connectivity index (χ0) is 21.0. The summed E-state index contributed by atoms with van der Waals surface area (Å²) in [6.07, 6.45) is 0.134. The predicted octanol–water partition coefficient (Wildman–Crippen LogP) is 2.86. The molecule has 0 bridgehead atoms. The number of nitrogens with one attached hydrogen (secondary N) is 1. The summed E-state index contributed by atoms with van der Waals surface area (Å²) in [5, 5.41) is 0.503. The van der Waals surface area contributed by atoms with Crippen LogP contribution in [0.5, 0.6) is 5.75 Å². The van der Waals surface area contributed by atoms with E-state index in [1.165, 1.54) is 12.0 Å². The third-order valence-electron chi connectivity index (χ3n) is 4.70. The number of rotatable bonds is 7. The van der Waals surface area contributed by atoms with Gasteiger partial charge in [0.2, 0.25) is 5.91 Å². The first-order valence-electron chi connectivity index (χ1n) is 9.29. The number of carbonyl (C=O) groups is 2. The summed E-state index contributed by atoms with van der Waals surface area (Å²) >= 11 is 0. The SMILES string of the molecule is COc1ccc(C)cc1C(=O)CCC(=O)N(C)Cc1nc2ccccc2c(=O)[nH]1. The third kappa shape index (κ3) is 4.68. The zero-order valence-electron chi connectivity index (χ0n) is 16.7. The van der Waals surface area contributed by atoms with Crippen LogP contribution in [0.3, 0.4) is 0 Å². The number of ketones is 1. The van der Waals surface area contributed by atoms with Crippen LogP contribution in [0, 0.1) is 6.92 Å². The first kappa shape index (κ1) is 20.3. The van der Waals surface area contributed by atoms with Gasteiger partial charge in [-0.05, 0) is 31.2 Å². The molecule has 0 aliphatic rings. The number of para-hydroxylation sites is 1. The Bertz CT molecular complexity index is 1120. The van der Waals surface area contributed by atoms with Crippen molar-refractivity contribution in [2.45, 2.75) is 26.3 Å². The highest BCUT2D eigenvalue weighted by Crippen LogP contribution is 2.22. The molecule has 2 aromatic carbocycles. The summed E-state index contributed by atoms with van der Waals surface area (Å²) in [7, 11) is 3.13. The molecule has 1 amide bonds. The topological polar surface area (TPSA) is 92.4 Å². The number of amides is 1. The number of hydrogen-bond donors (Lipinski definition) is 1. The van der Waals surface area contributed by atoms with E-state index < -0.39 is 0 Å². The van der Waals surface area contributed by atoms with Crippen LogP contribution in [0.4, 0.5) is 0 Å². The Hall–Kier alpha value is -3.48. The van der Waals surface area contributed by atoms with Gasteiger partial charge in [-0.1, -0.05) is 23.8 Å². The van der Waals surface area contributed by atoms with E-state index in [1.807, 2.05) is 13.0 Å². The molecule has 29 heavy (non-hydrogen) atoms. The van der Waals surface area contributed by atoms with E-state index in [0.717, 1.165) is 5.56 Å². The fourth-order valence-corrected chi connectivity index (χ4v) is 3.11. The number of aromatic amines is 1. The second-order valence-electron chi connectivity index (χ2n) is 6.91. The summed E-state index contributed by atoms with van der Waals surface area (Å²) < 4.78 is 5.24. The average Bonchev–Trinajstić information content (AvgIpc) is 2.71. The zero-order valence-corrected chi connectivity index (χ0v) is 16.7. The minimum absolute atomic E-state index is 0.0598. The fourth-order valence-electron chi connectivity index (χ4n) is 3.11. The first-order valence-corrected chi connectivity index (χ1v) is 9.29. The molecule has 3 aromatic rings. The van der Waals surface area contributed by atoms with Gasteiger partial charge in [0.15, 0.2) is 5.78 Å². The van der Waals surface area contributed by atoms with Crippen molar-refractivity contribution >= 4 is 22.6 Å². The van der Waals surface area contributed by atoms with E-state index in [2.05, 4.69) is 9.97 Å². The lowest BCUT2D eigenvalue weighted by Crippen LogP contribution is -2.28. The molecule has 0 atom stereocenters. The van der Waals surface area contributed by atoms with Gasteiger partial charge in [-0.25, -0.2) is 4.98 Å². The van der Waals surface area contributed by atoms with Crippen molar-refractivity contribution in [2.24, 2.45) is 0 Å². The predicted molar refractivity (Wildman–Crippen MR) is 110 cm³/mol. The number of ether oxygens (including phenoxy) is 1. The molecule has 0 fully saturated rings. The molecule has 150 valence electrons. The molecular weight excluding hydrogens is 370 g/mol. The quantitative estimate of drug-likeness (QED) is 0.623. The number of Topliss-reactive ketones (excluding diaryl/α,β-unsaturated/α-hetero) is 1. The summed E-state index contributed by atoms with van der Waals surface area (Å²) in [4.78, 5) is 45.7. The minimum Gasteiger partial charge on any atom is -0.496 e. The highest BCUT2D eigenvalue weighted by Gasteiger charge is 2.17. The fraction of sp³-hybridized carbons (Fsp3) is 0.273. The van der Waals surface area contributed by atoms with Crippen LogP contribution in [0.25, 0.3) is 10.9 Å². The normalized spacial score (nSPS) is 10.7. The van der Waals surface area contributed by atoms with E-state index in [9.17, 15) is 14.4 Å². The Morgan fingerprint density at radius 1 is 1.14 bits per heavy atom. The number of carbonyl (C=O) groups excluding carboxylic acids is 2. The number of nitrogens with zero attached hydrogens (tertiary/aromatic N) is 2. The molecular formula is C22H23N3O4. The molecule has 0 radical (unpaired) electrons. The van der Waals surface area contributed by atoms with Gasteiger partial charge >= 0.3 is 0 Å². The second kappa shape index (κ2) is 8.68. The highest BCUT2D eigenvalue weighted by atomic mass is 16.5. The van der Waals surface area contributed by atoms with E-state index >= 15 is 0 Å². The Balaban J connectivity index is 1.65. The van der Waals surface area contributed by atoms with Crippen molar-refractivity contribution in [3.63, 3.8) is 0 Å². The lowest BCUT2D eigenvalue weighted by molar-refractivity contribution is -0.130. The van der Waals surface area contributed by atoms with Gasteiger partial charge in [0.1, 0.15) is 11.6 Å². The number of H-pyrrole nitrogens is 1. The van der Waals surface area contributed by atoms with Crippen molar-refractivity contribution in [1.82, 2.24) is 14.9 Å². The summed E-state index contributed by atoms with van der Waals surface area (Å²) in [6.45, 7) is 2.05. The van der Waals surface area contributed by atoms with Crippen molar-refractivity contribution < 1.29 is 14.3 Å². The van der Waals surface area contributed by atoms with Crippen molar-refractivity contribution in [2.75, 3.05) is 14.2 Å². The van der Waals surface area contributed by atoms with Crippen LogP contribution in [-0.2, 0) is 11.3 Å². The molecule has 3 rings (SSSR count). The lowest BCUT2D eigenvalue weighted by atomic mass is 10.0. The molecule has 7 heteroatoms. The molecule has 0 unspecified atom stereocenters. The number of methoxy groups -OCH3 is 1. The number of aryl methyl sites for hydroxylation is 1. The van der Waals surface area contributed by atoms with E-state index in [4.69, 9.17) is 4.74 Å². The standard InChI is InChI=1S/C22H23N3O4/c1-14-8-10-19(29-3)16(12-14)18(26)9-11-21(27)25(2)13-20-23-17-7-5-4-6-15(17)22(28)24-20/h4-8,10,12H,9,11,13H2,1-3H3,(H,23,24,28). The van der Waals surface area contributed by atoms with E-state index in [0.29, 0.717) is 28.0 Å². The second-order valence-corrected chi connectivity index (χ2v) is 6.91. The number of aromatic nitrogens is 2. The molecule has 0 aliphatic carbocycles. The Kier molecular flexibility index (Phi) is 6.07. The maximum Gasteiger partial charge on any atom is 0.258 e. The first-order chi connectivity index (χ1) is 13.9. The van der Waals surface area contributed by atoms with Crippen LogP contribution < -0.4 is 10.3 Å². The van der Waals surface area contributed by atoms with Gasteiger partial charge < -0.3 is 14.6 Å². The Morgan fingerprint density at radius 2 is 1.90 bits per heavy atom. The Morgan fingerprint density at radius 3 is 2.66 bits per heavy atom. The van der Waals surface area contributed by atoms with Gasteiger partial charge in [-0.3, -0.25) is 14.4 Å². The molecule has 0 aliphatic heterocycles. The van der Waals surface area contributed by atoms with Crippen molar-refractivity contribution in [3.05, 3.63) is 69.8 Å². The molecule has 1 aromatic heterocycles. The molecule has 7 nitrogen and oxygen atoms in total. The third-order valence-corrected chi connectivity index (χ3v) is 4.70. The van der Waals surface area contributed by atoms with Gasteiger partial charge in [0.05, 0.1) is 30.1 Å². The van der Waals surface area contributed by atoms with Gasteiger partial charge in [0.25, 0.3) is 5.56 Å². The number of benzene rings is 2. The largest absolute Gasteiger partial charge is 0.496 e. The Labute approximate surface area is 168 Å². The summed E-state index contributed by atoms with van der Waals surface area (Å²) in [5.74, 6) is 0.542. The average molecular weight is 393 g/mol. The molecule has 0 saturated heterocycles. The molecule has 1 heterocycles. The van der Waals surface area contributed by atoms with E-state index in [1.54, 1.807) is 43.4 Å².